The summed E-state index contributed by atoms with van der Waals surface area (Å²) in [6.07, 6.45) is 10.7. The van der Waals surface area contributed by atoms with Crippen LogP contribution in [0.2, 0.25) is 0 Å². The fourth-order valence-corrected chi connectivity index (χ4v) is 10.9. The van der Waals surface area contributed by atoms with E-state index in [-0.39, 0.29) is 36.2 Å². The van der Waals surface area contributed by atoms with Gasteiger partial charge in [-0.2, -0.15) is 0 Å². The third-order valence-electron chi connectivity index (χ3n) is 15.0. The van der Waals surface area contributed by atoms with Gasteiger partial charge < -0.3 is 49.1 Å². The lowest BCUT2D eigenvalue weighted by molar-refractivity contribution is -0.398. The number of ether oxygens (including phenoxy) is 6. The zero-order chi connectivity index (χ0) is 43.7. The number of amides is 1. The Morgan fingerprint density at radius 3 is 2.25 bits per heavy atom. The molecule has 4 saturated heterocycles. The van der Waals surface area contributed by atoms with Crippen LogP contribution in [0.3, 0.4) is 0 Å². The van der Waals surface area contributed by atoms with Gasteiger partial charge in [0.05, 0.1) is 53.7 Å². The van der Waals surface area contributed by atoms with Gasteiger partial charge in [-0.25, -0.2) is 4.79 Å². The second kappa shape index (κ2) is 18.8. The summed E-state index contributed by atoms with van der Waals surface area (Å²) in [6, 6.07) is -0.783. The first-order chi connectivity index (χ1) is 27.7. The van der Waals surface area contributed by atoms with Gasteiger partial charge in [-0.3, -0.25) is 9.59 Å². The van der Waals surface area contributed by atoms with Gasteiger partial charge in [-0.15, -0.1) is 6.42 Å². The molecule has 5 rings (SSSR count). The first kappa shape index (κ1) is 47.5. The van der Waals surface area contributed by atoms with E-state index in [2.05, 4.69) is 25.1 Å². The molecule has 2 unspecified atom stereocenters. The molecule has 4 fully saturated rings. The Morgan fingerprint density at radius 1 is 0.949 bits per heavy atom. The highest BCUT2D eigenvalue weighted by molar-refractivity contribution is 5.84. The van der Waals surface area contributed by atoms with Gasteiger partial charge in [0.1, 0.15) is 11.8 Å². The van der Waals surface area contributed by atoms with E-state index in [1.807, 2.05) is 60.6 Å². The van der Waals surface area contributed by atoms with Crippen molar-refractivity contribution in [3.05, 3.63) is 12.2 Å². The van der Waals surface area contributed by atoms with Gasteiger partial charge in [0.25, 0.3) is 0 Å². The molecule has 0 aromatic rings. The Kier molecular flexibility index (Phi) is 15.1. The van der Waals surface area contributed by atoms with Crippen molar-refractivity contribution >= 4 is 17.8 Å². The van der Waals surface area contributed by atoms with Crippen LogP contribution in [-0.4, -0.2) is 105 Å². The number of nitrogens with one attached hydrogen (secondary N) is 1. The lowest BCUT2D eigenvalue weighted by Crippen LogP contribution is -2.65. The molecule has 5 aliphatic rings. The number of aliphatic hydroxyl groups is 2. The largest absolute Gasteiger partial charge is 0.481 e. The maximum absolute atomic E-state index is 14.6. The maximum Gasteiger partial charge on any atom is 0.408 e. The van der Waals surface area contributed by atoms with Crippen LogP contribution in [0.25, 0.3) is 0 Å². The van der Waals surface area contributed by atoms with Gasteiger partial charge in [0.2, 0.25) is 0 Å². The van der Waals surface area contributed by atoms with Crippen molar-refractivity contribution in [3.63, 3.8) is 0 Å². The topological polar surface area (TPSA) is 179 Å². The van der Waals surface area contributed by atoms with Crippen molar-refractivity contribution < 1.29 is 58.1 Å². The zero-order valence-corrected chi connectivity index (χ0v) is 37.1. The number of alkyl carbamates (subject to hydrolysis) is 1. The van der Waals surface area contributed by atoms with E-state index in [4.69, 9.17) is 34.8 Å². The Hall–Kier alpha value is -2.57. The number of hydrogen-bond donors (Lipinski definition) is 4. The third-order valence-corrected chi connectivity index (χ3v) is 15.0. The third kappa shape index (κ3) is 9.45. The number of ketones is 1. The number of carboxylic acid groups (broad SMARTS) is 1. The highest BCUT2D eigenvalue weighted by atomic mass is 16.8. The summed E-state index contributed by atoms with van der Waals surface area (Å²) in [5.74, 6) is -3.92. The van der Waals surface area contributed by atoms with Crippen molar-refractivity contribution in [1.82, 2.24) is 5.32 Å². The first-order valence-corrected chi connectivity index (χ1v) is 22.4. The Labute approximate surface area is 352 Å². The highest BCUT2D eigenvalue weighted by Gasteiger charge is 2.63. The molecule has 1 amide bonds. The lowest BCUT2D eigenvalue weighted by Gasteiger charge is -2.55. The normalized spacial score (nSPS) is 42.3. The van der Waals surface area contributed by atoms with Crippen molar-refractivity contribution in [3.8, 4) is 12.3 Å². The van der Waals surface area contributed by atoms with Crippen LogP contribution in [0.1, 0.15) is 133 Å². The van der Waals surface area contributed by atoms with Crippen molar-refractivity contribution in [1.29, 1.82) is 0 Å². The molecule has 5 aliphatic heterocycles. The molecular formula is C46H73NO12. The first-order valence-electron chi connectivity index (χ1n) is 22.4. The number of carbonyl (C=O) groups excluding carboxylic acids is 2. The van der Waals surface area contributed by atoms with Crippen LogP contribution in [-0.2, 0) is 38.0 Å². The van der Waals surface area contributed by atoms with E-state index < -0.39 is 95.1 Å². The molecule has 18 atom stereocenters. The van der Waals surface area contributed by atoms with E-state index in [0.717, 1.165) is 6.42 Å². The van der Waals surface area contributed by atoms with Gasteiger partial charge in [0.15, 0.2) is 18.2 Å². The summed E-state index contributed by atoms with van der Waals surface area (Å²) in [4.78, 5) is 39.6. The quantitative estimate of drug-likeness (QED) is 0.110. The Balaban J connectivity index is 1.38. The van der Waals surface area contributed by atoms with E-state index in [9.17, 15) is 29.7 Å². The van der Waals surface area contributed by atoms with Crippen molar-refractivity contribution in [2.75, 3.05) is 6.61 Å². The molecule has 0 aromatic carbocycles. The number of terminal acetylenes is 1. The minimum Gasteiger partial charge on any atom is -0.481 e. The minimum absolute atomic E-state index is 0.0394. The average molecular weight is 832 g/mol. The smallest absolute Gasteiger partial charge is 0.408 e. The summed E-state index contributed by atoms with van der Waals surface area (Å²) in [5.41, 5.74) is -1.76. The molecule has 0 aliphatic carbocycles. The maximum atomic E-state index is 14.6. The molecule has 334 valence electrons. The van der Waals surface area contributed by atoms with Crippen molar-refractivity contribution in [2.24, 2.45) is 41.4 Å². The predicted molar refractivity (Wildman–Crippen MR) is 220 cm³/mol. The molecule has 13 heteroatoms. The van der Waals surface area contributed by atoms with Crippen molar-refractivity contribution in [2.45, 2.75) is 199 Å². The summed E-state index contributed by atoms with van der Waals surface area (Å²) in [6.45, 7) is 19.3. The Morgan fingerprint density at radius 2 is 1.64 bits per heavy atom. The standard InChI is InChI=1S/C46H73NO12/c1-12-24-54-42(52)47-35-18-21-45(59-46(35)23-22-43(11,58-46)36-19-20-44(53,15-4)31(10)55-36)28(7)25-27(6)40(57-45)33(14-3)38(49)29(8)37(48)30(9)39-26(5)16-17-34(56-39)32(13-2)41(50)51/h1,18,21,26-37,39-40,48,53H,13-17,19-20,22-25H2,2-11H3,(H,47,52)(H,50,51)/t26-,27-,28+,29-,30-,31-,32?,33-,34+,35?,36+,37+,39+,40-,43-,44+,45-,46-/m0/s1. The van der Waals surface area contributed by atoms with E-state index >= 15 is 0 Å². The number of rotatable bonds is 14. The summed E-state index contributed by atoms with van der Waals surface area (Å²) in [7, 11) is 0. The fourth-order valence-electron chi connectivity index (χ4n) is 10.9. The molecule has 5 heterocycles. The number of aliphatic hydroxyl groups excluding tert-OH is 1. The van der Waals surface area contributed by atoms with Crippen LogP contribution in [0.5, 0.6) is 0 Å². The SMILES string of the molecule is C#CCOC(=O)NC1C=C[C@]2(O[C@H]([C@@H](CC)C(=O)[C@@H](C)[C@@H](O)[C@H](C)[C@@H]3O[C@@H](C(CC)C(=O)O)CC[C@@H]3C)[C@@H](C)C[C@H]2C)O[C@@]12CC[C@@](C)([C@H]1CC[C@](O)(CC)[C@H](C)O1)O2. The van der Waals surface area contributed by atoms with Crippen LogP contribution in [0, 0.1) is 53.8 Å². The van der Waals surface area contributed by atoms with Crippen LogP contribution in [0.15, 0.2) is 12.2 Å². The van der Waals surface area contributed by atoms with E-state index in [1.165, 1.54) is 0 Å². The number of aliphatic carboxylic acids is 1. The van der Waals surface area contributed by atoms with E-state index in [0.29, 0.717) is 57.8 Å². The number of Topliss-reactive ketones (excluding diaryl/α,β-unsaturated/α-hetero) is 1. The number of hydrogen-bond acceptors (Lipinski definition) is 11. The predicted octanol–water partition coefficient (Wildman–Crippen LogP) is 6.56. The van der Waals surface area contributed by atoms with Crippen LogP contribution in [0.4, 0.5) is 4.79 Å². The monoisotopic (exact) mass is 832 g/mol. The molecule has 0 radical (unpaired) electrons. The molecule has 0 aromatic heterocycles. The molecule has 0 bridgehead atoms. The molecule has 2 spiro atoms. The van der Waals surface area contributed by atoms with E-state index in [1.54, 1.807) is 6.92 Å². The van der Waals surface area contributed by atoms with Gasteiger partial charge in [-0.05, 0) is 89.5 Å². The molecule has 0 saturated carbocycles. The van der Waals surface area contributed by atoms with Crippen LogP contribution < -0.4 is 5.32 Å². The molecule has 59 heavy (non-hydrogen) atoms. The van der Waals surface area contributed by atoms with Gasteiger partial charge in [0, 0.05) is 30.1 Å². The summed E-state index contributed by atoms with van der Waals surface area (Å²) >= 11 is 0. The second-order valence-electron chi connectivity index (χ2n) is 18.9. The number of carboxylic acids is 1. The summed E-state index contributed by atoms with van der Waals surface area (Å²) in [5, 5.41) is 35.7. The van der Waals surface area contributed by atoms with Gasteiger partial charge in [-0.1, -0.05) is 67.4 Å². The lowest BCUT2D eigenvalue weighted by atomic mass is 9.72. The average Bonchev–Trinajstić information content (AvgIpc) is 3.54. The molecule has 4 N–H and O–H groups in total. The number of carbonyl (C=O) groups is 3. The molecule has 13 nitrogen and oxygen atoms in total. The highest BCUT2D eigenvalue weighted by Crippen LogP contribution is 2.54. The minimum atomic E-state index is -1.40. The fraction of sp³-hybridized carbons (Fsp3) is 0.848. The zero-order valence-electron chi connectivity index (χ0n) is 37.1. The summed E-state index contributed by atoms with van der Waals surface area (Å²) < 4.78 is 39.4. The molecular weight excluding hydrogens is 759 g/mol. The Bertz CT molecular complexity index is 1570. The second-order valence-corrected chi connectivity index (χ2v) is 18.9. The van der Waals surface area contributed by atoms with Crippen LogP contribution >= 0.6 is 0 Å². The van der Waals surface area contributed by atoms with Gasteiger partial charge >= 0.3 is 12.1 Å².